The quantitative estimate of drug-likeness (QED) is 0.671. The maximum Gasteiger partial charge on any atom is 0.252 e. The van der Waals surface area contributed by atoms with E-state index in [2.05, 4.69) is 6.07 Å². The van der Waals surface area contributed by atoms with Crippen molar-refractivity contribution in [3.05, 3.63) is 29.8 Å². The van der Waals surface area contributed by atoms with Crippen molar-refractivity contribution in [1.82, 2.24) is 0 Å². The van der Waals surface area contributed by atoms with Crippen LogP contribution < -0.4 is 10.5 Å². The van der Waals surface area contributed by atoms with Crippen molar-refractivity contribution in [1.29, 1.82) is 0 Å². The third-order valence-electron chi connectivity index (χ3n) is 1.29. The van der Waals surface area contributed by atoms with Gasteiger partial charge in [-0.15, -0.1) is 0 Å². The molecule has 1 aromatic rings. The van der Waals surface area contributed by atoms with E-state index in [0.29, 0.717) is 11.3 Å². The molecular weight excluding hydrogens is 142 g/mol. The van der Waals surface area contributed by atoms with E-state index < -0.39 is 5.91 Å². The Bertz CT molecular complexity index is 271. The maximum atomic E-state index is 10.7. The van der Waals surface area contributed by atoms with E-state index in [0.717, 1.165) is 0 Å². The molecule has 0 heterocycles. The molecule has 11 heavy (non-hydrogen) atoms. The van der Waals surface area contributed by atoms with Crippen LogP contribution >= 0.6 is 0 Å². The van der Waals surface area contributed by atoms with E-state index in [-0.39, 0.29) is 0 Å². The van der Waals surface area contributed by atoms with Gasteiger partial charge in [-0.05, 0) is 6.07 Å². The number of nitrogens with two attached hydrogens (primary N) is 1. The highest BCUT2D eigenvalue weighted by Crippen LogP contribution is 2.14. The second-order valence-electron chi connectivity index (χ2n) is 1.98. The van der Waals surface area contributed by atoms with Crippen LogP contribution in [0.4, 0.5) is 0 Å². The lowest BCUT2D eigenvalue weighted by atomic mass is 10.2. The van der Waals surface area contributed by atoms with E-state index in [4.69, 9.17) is 10.5 Å². The first kappa shape index (κ1) is 7.60. The minimum absolute atomic E-state index is 0.356. The van der Waals surface area contributed by atoms with Crippen molar-refractivity contribution in [2.75, 3.05) is 7.11 Å². The molecule has 3 heteroatoms. The summed E-state index contributed by atoms with van der Waals surface area (Å²) in [7, 11) is 1.47. The zero-order valence-electron chi connectivity index (χ0n) is 6.13. The van der Waals surface area contributed by atoms with Crippen molar-refractivity contribution in [3.8, 4) is 5.75 Å². The first-order valence-electron chi connectivity index (χ1n) is 3.10. The Labute approximate surface area is 64.8 Å². The fourth-order valence-corrected chi connectivity index (χ4v) is 0.784. The summed E-state index contributed by atoms with van der Waals surface area (Å²) in [5, 5.41) is 0. The number of benzene rings is 1. The number of para-hydroxylation sites is 1. The number of hydrogen-bond donors (Lipinski definition) is 1. The van der Waals surface area contributed by atoms with Crippen LogP contribution in [-0.4, -0.2) is 13.0 Å². The van der Waals surface area contributed by atoms with Crippen LogP contribution in [0, 0.1) is 6.07 Å². The third-order valence-corrected chi connectivity index (χ3v) is 1.29. The molecule has 1 amide bonds. The van der Waals surface area contributed by atoms with Gasteiger partial charge in [-0.25, -0.2) is 0 Å². The molecule has 1 rings (SSSR count). The Morgan fingerprint density at radius 3 is 2.91 bits per heavy atom. The van der Waals surface area contributed by atoms with E-state index in [9.17, 15) is 4.79 Å². The van der Waals surface area contributed by atoms with Crippen LogP contribution in [0.15, 0.2) is 18.2 Å². The van der Waals surface area contributed by atoms with Gasteiger partial charge < -0.3 is 10.5 Å². The van der Waals surface area contributed by atoms with Crippen molar-refractivity contribution in [2.45, 2.75) is 0 Å². The predicted octanol–water partition coefficient (Wildman–Crippen LogP) is 0.594. The Kier molecular flexibility index (Phi) is 2.11. The first-order valence-corrected chi connectivity index (χ1v) is 3.10. The van der Waals surface area contributed by atoms with Crippen LogP contribution in [0.3, 0.4) is 0 Å². The zero-order valence-corrected chi connectivity index (χ0v) is 6.13. The average Bonchev–Trinajstić information content (AvgIpc) is 2.04. The molecule has 3 nitrogen and oxygen atoms in total. The fourth-order valence-electron chi connectivity index (χ4n) is 0.784. The lowest BCUT2D eigenvalue weighted by Gasteiger charge is -2.02. The van der Waals surface area contributed by atoms with Crippen molar-refractivity contribution >= 4 is 5.91 Å². The van der Waals surface area contributed by atoms with Gasteiger partial charge in [0.15, 0.2) is 0 Å². The van der Waals surface area contributed by atoms with E-state index in [1.54, 1.807) is 18.2 Å². The molecule has 0 saturated heterocycles. The van der Waals surface area contributed by atoms with Gasteiger partial charge in [0, 0.05) is 6.07 Å². The highest BCUT2D eigenvalue weighted by molar-refractivity contribution is 5.95. The Hall–Kier alpha value is -1.51. The van der Waals surface area contributed by atoms with E-state index in [1.807, 2.05) is 0 Å². The molecule has 0 aliphatic rings. The molecular formula is C8H8NO2. The topological polar surface area (TPSA) is 52.3 Å². The van der Waals surface area contributed by atoms with E-state index >= 15 is 0 Å². The first-order chi connectivity index (χ1) is 5.25. The summed E-state index contributed by atoms with van der Waals surface area (Å²) >= 11 is 0. The second kappa shape index (κ2) is 3.05. The van der Waals surface area contributed by atoms with Gasteiger partial charge in [-0.2, -0.15) is 0 Å². The molecule has 0 atom stereocenters. The van der Waals surface area contributed by atoms with Crippen molar-refractivity contribution in [2.24, 2.45) is 5.73 Å². The van der Waals surface area contributed by atoms with Crippen LogP contribution in [-0.2, 0) is 0 Å². The number of rotatable bonds is 2. The summed E-state index contributed by atoms with van der Waals surface area (Å²) < 4.78 is 4.85. The predicted molar refractivity (Wildman–Crippen MR) is 40.3 cm³/mol. The minimum atomic E-state index is -0.501. The summed E-state index contributed by atoms with van der Waals surface area (Å²) in [6.45, 7) is 0. The minimum Gasteiger partial charge on any atom is -0.495 e. The van der Waals surface area contributed by atoms with Crippen LogP contribution in [0.25, 0.3) is 0 Å². The summed E-state index contributed by atoms with van der Waals surface area (Å²) in [4.78, 5) is 10.7. The van der Waals surface area contributed by atoms with Crippen molar-refractivity contribution in [3.63, 3.8) is 0 Å². The molecule has 0 unspecified atom stereocenters. The smallest absolute Gasteiger partial charge is 0.252 e. The number of ether oxygens (including phenoxy) is 1. The number of amides is 1. The summed E-state index contributed by atoms with van der Waals surface area (Å²) in [5.74, 6) is -0.112. The maximum absolute atomic E-state index is 10.7. The number of carbonyl (C=O) groups is 1. The zero-order chi connectivity index (χ0) is 8.27. The molecule has 0 spiro atoms. The lowest BCUT2D eigenvalue weighted by Crippen LogP contribution is -2.12. The Morgan fingerprint density at radius 2 is 2.45 bits per heavy atom. The van der Waals surface area contributed by atoms with Gasteiger partial charge in [0.2, 0.25) is 0 Å². The third kappa shape index (κ3) is 1.49. The fraction of sp³-hybridized carbons (Fsp3) is 0.125. The lowest BCUT2D eigenvalue weighted by molar-refractivity contribution is 0.0997. The largest absolute Gasteiger partial charge is 0.495 e. The standard InChI is InChI=1S/C8H8NO2/c1-11-7-5-3-2-4-6(7)8(9)10/h2-4H,1H3,(H2,9,10). The molecule has 0 fully saturated rings. The van der Waals surface area contributed by atoms with Crippen molar-refractivity contribution < 1.29 is 9.53 Å². The number of primary amides is 1. The average molecular weight is 150 g/mol. The molecule has 0 aliphatic heterocycles. The molecule has 0 aliphatic carbocycles. The number of hydrogen-bond acceptors (Lipinski definition) is 2. The van der Waals surface area contributed by atoms with Gasteiger partial charge in [0.25, 0.3) is 5.91 Å². The van der Waals surface area contributed by atoms with Crippen LogP contribution in [0.2, 0.25) is 0 Å². The molecule has 0 bridgehead atoms. The monoisotopic (exact) mass is 150 g/mol. The van der Waals surface area contributed by atoms with Gasteiger partial charge in [-0.3, -0.25) is 4.79 Å². The molecule has 0 saturated carbocycles. The van der Waals surface area contributed by atoms with Crippen LogP contribution in [0.5, 0.6) is 5.75 Å². The highest BCUT2D eigenvalue weighted by atomic mass is 16.5. The van der Waals surface area contributed by atoms with E-state index in [1.165, 1.54) is 7.11 Å². The summed E-state index contributed by atoms with van der Waals surface area (Å²) in [6, 6.07) is 7.68. The molecule has 1 radical (unpaired) electrons. The molecule has 1 aromatic carbocycles. The van der Waals surface area contributed by atoms with Gasteiger partial charge in [0.1, 0.15) is 5.75 Å². The molecule has 57 valence electrons. The highest BCUT2D eigenvalue weighted by Gasteiger charge is 2.05. The number of carbonyl (C=O) groups excluding carboxylic acids is 1. The summed E-state index contributed by atoms with van der Waals surface area (Å²) in [5.41, 5.74) is 5.41. The Balaban J connectivity index is 3.12. The Morgan fingerprint density at radius 1 is 1.73 bits per heavy atom. The normalized spacial score (nSPS) is 9.18. The van der Waals surface area contributed by atoms with Gasteiger partial charge >= 0.3 is 0 Å². The van der Waals surface area contributed by atoms with Crippen LogP contribution in [0.1, 0.15) is 10.4 Å². The SMILES string of the molecule is COc1[c]cccc1C(N)=O. The molecule has 2 N–H and O–H groups in total. The molecule has 0 aromatic heterocycles. The summed E-state index contributed by atoms with van der Waals surface area (Å²) in [6.07, 6.45) is 0. The second-order valence-corrected chi connectivity index (χ2v) is 1.98. The van der Waals surface area contributed by atoms with Gasteiger partial charge in [0.05, 0.1) is 12.7 Å². The number of methoxy groups -OCH3 is 1. The van der Waals surface area contributed by atoms with Gasteiger partial charge in [-0.1, -0.05) is 12.1 Å².